The number of hydrogen-bond acceptors (Lipinski definition) is 1. The number of aryl methyl sites for hydroxylation is 1. The van der Waals surface area contributed by atoms with Crippen LogP contribution in [0.1, 0.15) is 38.7 Å². The molecule has 0 amide bonds. The van der Waals surface area contributed by atoms with Crippen LogP contribution in [0.25, 0.3) is 0 Å². The smallest absolute Gasteiger partial charge is 0.125 e. The molecule has 0 spiro atoms. The Balaban J connectivity index is 2.17. The molecular formula is C14H20FN. The third-order valence-electron chi connectivity index (χ3n) is 3.79. The molecular weight excluding hydrogens is 201 g/mol. The molecule has 2 heteroatoms. The summed E-state index contributed by atoms with van der Waals surface area (Å²) in [5, 5.41) is 3.50. The Morgan fingerprint density at radius 2 is 2.12 bits per heavy atom. The van der Waals surface area contributed by atoms with Crippen molar-refractivity contribution in [2.24, 2.45) is 5.41 Å². The highest BCUT2D eigenvalue weighted by Crippen LogP contribution is 2.39. The lowest BCUT2D eigenvalue weighted by Gasteiger charge is -2.29. The van der Waals surface area contributed by atoms with Gasteiger partial charge in [-0.3, -0.25) is 0 Å². The average Bonchev–Trinajstić information content (AvgIpc) is 2.52. The van der Waals surface area contributed by atoms with Gasteiger partial charge >= 0.3 is 0 Å². The highest BCUT2D eigenvalue weighted by Gasteiger charge is 2.34. The van der Waals surface area contributed by atoms with Crippen molar-refractivity contribution in [3.8, 4) is 0 Å². The summed E-state index contributed by atoms with van der Waals surface area (Å²) < 4.78 is 13.2. The monoisotopic (exact) mass is 221 g/mol. The largest absolute Gasteiger partial charge is 0.381 e. The summed E-state index contributed by atoms with van der Waals surface area (Å²) in [4.78, 5) is 0. The minimum Gasteiger partial charge on any atom is -0.381 e. The maximum atomic E-state index is 13.2. The standard InChI is InChI=1S/C14H20FN/c1-10-6-7-11(15)9-12(10)16-13-5-4-8-14(13,2)3/h6-7,9,13,16H,4-5,8H2,1-3H3. The van der Waals surface area contributed by atoms with Crippen molar-refractivity contribution in [3.05, 3.63) is 29.6 Å². The first-order valence-corrected chi connectivity index (χ1v) is 6.02. The molecule has 0 saturated heterocycles. The minimum atomic E-state index is -0.163. The summed E-state index contributed by atoms with van der Waals surface area (Å²) in [7, 11) is 0. The van der Waals surface area contributed by atoms with Crippen LogP contribution in [0.5, 0.6) is 0 Å². The third-order valence-corrected chi connectivity index (χ3v) is 3.79. The first-order chi connectivity index (χ1) is 7.49. The van der Waals surface area contributed by atoms with Gasteiger partial charge in [-0.1, -0.05) is 26.3 Å². The number of benzene rings is 1. The van der Waals surface area contributed by atoms with Crippen LogP contribution in [-0.2, 0) is 0 Å². The molecule has 1 atom stereocenters. The Morgan fingerprint density at radius 1 is 1.38 bits per heavy atom. The molecule has 1 aromatic rings. The zero-order chi connectivity index (χ0) is 11.8. The second kappa shape index (κ2) is 4.08. The van der Waals surface area contributed by atoms with E-state index in [1.165, 1.54) is 25.3 Å². The molecule has 1 nitrogen and oxygen atoms in total. The van der Waals surface area contributed by atoms with E-state index in [1.54, 1.807) is 6.07 Å². The van der Waals surface area contributed by atoms with E-state index in [-0.39, 0.29) is 5.82 Å². The van der Waals surface area contributed by atoms with Crippen molar-refractivity contribution in [1.82, 2.24) is 0 Å². The van der Waals surface area contributed by atoms with Crippen LogP contribution in [0.2, 0.25) is 0 Å². The Labute approximate surface area is 97.1 Å². The number of anilines is 1. The van der Waals surface area contributed by atoms with Crippen LogP contribution in [0, 0.1) is 18.2 Å². The van der Waals surface area contributed by atoms with E-state index in [4.69, 9.17) is 0 Å². The Kier molecular flexibility index (Phi) is 2.92. The normalized spacial score (nSPS) is 23.4. The van der Waals surface area contributed by atoms with Gasteiger partial charge in [0.1, 0.15) is 5.82 Å². The summed E-state index contributed by atoms with van der Waals surface area (Å²) in [6.07, 6.45) is 3.70. The van der Waals surface area contributed by atoms with Crippen LogP contribution in [-0.4, -0.2) is 6.04 Å². The maximum absolute atomic E-state index is 13.2. The molecule has 88 valence electrons. The quantitative estimate of drug-likeness (QED) is 0.792. The molecule has 1 fully saturated rings. The zero-order valence-corrected chi connectivity index (χ0v) is 10.3. The molecule has 1 aliphatic rings. The average molecular weight is 221 g/mol. The second-order valence-electron chi connectivity index (χ2n) is 5.54. The van der Waals surface area contributed by atoms with Crippen molar-refractivity contribution in [3.63, 3.8) is 0 Å². The first-order valence-electron chi connectivity index (χ1n) is 6.02. The predicted molar refractivity (Wildman–Crippen MR) is 66.2 cm³/mol. The van der Waals surface area contributed by atoms with Gasteiger partial charge in [-0.05, 0) is 42.9 Å². The zero-order valence-electron chi connectivity index (χ0n) is 10.3. The van der Waals surface area contributed by atoms with E-state index in [2.05, 4.69) is 19.2 Å². The molecule has 0 radical (unpaired) electrons. The Morgan fingerprint density at radius 3 is 2.75 bits per heavy atom. The van der Waals surface area contributed by atoms with Crippen molar-refractivity contribution < 1.29 is 4.39 Å². The van der Waals surface area contributed by atoms with E-state index < -0.39 is 0 Å². The van der Waals surface area contributed by atoms with Gasteiger partial charge in [0.05, 0.1) is 0 Å². The fourth-order valence-corrected chi connectivity index (χ4v) is 2.53. The molecule has 2 rings (SSSR count). The van der Waals surface area contributed by atoms with Crippen molar-refractivity contribution >= 4 is 5.69 Å². The van der Waals surface area contributed by atoms with E-state index >= 15 is 0 Å². The minimum absolute atomic E-state index is 0.163. The number of rotatable bonds is 2. The fraction of sp³-hybridized carbons (Fsp3) is 0.571. The van der Waals surface area contributed by atoms with Gasteiger partial charge in [-0.25, -0.2) is 4.39 Å². The maximum Gasteiger partial charge on any atom is 0.125 e. The van der Waals surface area contributed by atoms with Crippen molar-refractivity contribution in [2.75, 3.05) is 5.32 Å². The Hall–Kier alpha value is -1.05. The second-order valence-corrected chi connectivity index (χ2v) is 5.54. The highest BCUT2D eigenvalue weighted by atomic mass is 19.1. The van der Waals surface area contributed by atoms with Crippen LogP contribution < -0.4 is 5.32 Å². The third kappa shape index (κ3) is 2.21. The number of nitrogens with one attached hydrogen (secondary N) is 1. The molecule has 1 aromatic carbocycles. The van der Waals surface area contributed by atoms with E-state index in [1.807, 2.05) is 13.0 Å². The molecule has 0 aliphatic heterocycles. The lowest BCUT2D eigenvalue weighted by Crippen LogP contribution is -2.31. The van der Waals surface area contributed by atoms with Crippen LogP contribution in [0.15, 0.2) is 18.2 Å². The van der Waals surface area contributed by atoms with Gasteiger partial charge < -0.3 is 5.32 Å². The molecule has 1 N–H and O–H groups in total. The molecule has 1 unspecified atom stereocenters. The summed E-state index contributed by atoms with van der Waals surface area (Å²) in [6, 6.07) is 5.41. The van der Waals surface area contributed by atoms with Crippen LogP contribution in [0.3, 0.4) is 0 Å². The molecule has 0 heterocycles. The van der Waals surface area contributed by atoms with Gasteiger partial charge in [0, 0.05) is 11.7 Å². The van der Waals surface area contributed by atoms with E-state index in [9.17, 15) is 4.39 Å². The van der Waals surface area contributed by atoms with Crippen molar-refractivity contribution in [2.45, 2.75) is 46.1 Å². The molecule has 1 aliphatic carbocycles. The first kappa shape index (κ1) is 11.4. The van der Waals surface area contributed by atoms with Gasteiger partial charge in [0.15, 0.2) is 0 Å². The lowest BCUT2D eigenvalue weighted by atomic mass is 9.87. The molecule has 16 heavy (non-hydrogen) atoms. The Bertz CT molecular complexity index is 384. The van der Waals surface area contributed by atoms with E-state index in [0.717, 1.165) is 11.3 Å². The summed E-state index contributed by atoms with van der Waals surface area (Å²) >= 11 is 0. The van der Waals surface area contributed by atoms with Gasteiger partial charge in [-0.2, -0.15) is 0 Å². The molecule has 1 saturated carbocycles. The topological polar surface area (TPSA) is 12.0 Å². The van der Waals surface area contributed by atoms with Crippen LogP contribution in [0.4, 0.5) is 10.1 Å². The molecule has 0 aromatic heterocycles. The number of hydrogen-bond donors (Lipinski definition) is 1. The van der Waals surface area contributed by atoms with Crippen molar-refractivity contribution in [1.29, 1.82) is 0 Å². The highest BCUT2D eigenvalue weighted by molar-refractivity contribution is 5.51. The van der Waals surface area contributed by atoms with Gasteiger partial charge in [0.2, 0.25) is 0 Å². The lowest BCUT2D eigenvalue weighted by molar-refractivity contribution is 0.350. The summed E-state index contributed by atoms with van der Waals surface area (Å²) in [5.41, 5.74) is 2.38. The summed E-state index contributed by atoms with van der Waals surface area (Å²) in [5.74, 6) is -0.163. The molecule has 0 bridgehead atoms. The van der Waals surface area contributed by atoms with E-state index in [0.29, 0.717) is 11.5 Å². The fourth-order valence-electron chi connectivity index (χ4n) is 2.53. The SMILES string of the molecule is Cc1ccc(F)cc1NC1CCCC1(C)C. The number of halogens is 1. The van der Waals surface area contributed by atoms with Crippen LogP contribution >= 0.6 is 0 Å². The summed E-state index contributed by atoms with van der Waals surface area (Å²) in [6.45, 7) is 6.59. The predicted octanol–water partition coefficient (Wildman–Crippen LogP) is 4.12. The van der Waals surface area contributed by atoms with Gasteiger partial charge in [0.25, 0.3) is 0 Å². The van der Waals surface area contributed by atoms with Gasteiger partial charge in [-0.15, -0.1) is 0 Å².